The standard InChI is InChI=1S/C17H22N2O2/c1-16(2)11-8-9-17(16,3)14(10-11)18-19-15(21)12-6-4-5-7-13(12)20/h4-7,11,20H,8-10H2,1-3H3,(H,19,21)/b18-14-/t11-,17-/m1/s1. The van der Waals surface area contributed by atoms with E-state index in [1.165, 1.54) is 12.5 Å². The maximum Gasteiger partial charge on any atom is 0.275 e. The summed E-state index contributed by atoms with van der Waals surface area (Å²) in [5, 5.41) is 14.1. The molecule has 2 aliphatic carbocycles. The third-order valence-electron chi connectivity index (χ3n) is 5.95. The summed E-state index contributed by atoms with van der Waals surface area (Å²) in [6, 6.07) is 6.52. The van der Waals surface area contributed by atoms with Crippen LogP contribution >= 0.6 is 0 Å². The number of aromatic hydroxyl groups is 1. The molecule has 4 heteroatoms. The van der Waals surface area contributed by atoms with Gasteiger partial charge in [-0.3, -0.25) is 4.79 Å². The first-order chi connectivity index (χ1) is 9.86. The SMILES string of the molecule is CC1(C)[C@@H]2CC[C@]1(C)/C(=N\NC(=O)c1ccccc1O)C2. The van der Waals surface area contributed by atoms with Crippen LogP contribution in [-0.2, 0) is 0 Å². The smallest absolute Gasteiger partial charge is 0.275 e. The lowest BCUT2D eigenvalue weighted by Gasteiger charge is -2.34. The van der Waals surface area contributed by atoms with E-state index in [1.54, 1.807) is 18.2 Å². The number of hydrazone groups is 1. The number of nitrogens with one attached hydrogen (secondary N) is 1. The fourth-order valence-electron chi connectivity index (χ4n) is 3.94. The molecule has 0 aromatic heterocycles. The highest BCUT2D eigenvalue weighted by Gasteiger charge is 2.60. The van der Waals surface area contributed by atoms with Crippen molar-refractivity contribution < 1.29 is 9.90 Å². The number of benzene rings is 1. The fraction of sp³-hybridized carbons (Fsp3) is 0.529. The Labute approximate surface area is 125 Å². The molecule has 2 N–H and O–H groups in total. The van der Waals surface area contributed by atoms with Crippen molar-refractivity contribution in [2.45, 2.75) is 40.0 Å². The normalized spacial score (nSPS) is 31.6. The lowest BCUT2D eigenvalue weighted by atomic mass is 9.70. The van der Waals surface area contributed by atoms with Crippen molar-refractivity contribution in [2.75, 3.05) is 0 Å². The predicted molar refractivity (Wildman–Crippen MR) is 82.2 cm³/mol. The van der Waals surface area contributed by atoms with Gasteiger partial charge < -0.3 is 5.11 Å². The van der Waals surface area contributed by atoms with Crippen LogP contribution in [0.5, 0.6) is 5.75 Å². The van der Waals surface area contributed by atoms with Crippen molar-refractivity contribution in [2.24, 2.45) is 21.8 Å². The number of hydrogen-bond acceptors (Lipinski definition) is 3. The van der Waals surface area contributed by atoms with E-state index >= 15 is 0 Å². The van der Waals surface area contributed by atoms with Gasteiger partial charge in [0, 0.05) is 11.1 Å². The van der Waals surface area contributed by atoms with Gasteiger partial charge in [-0.2, -0.15) is 5.10 Å². The number of phenols is 1. The Morgan fingerprint density at radius 2 is 2.05 bits per heavy atom. The molecule has 2 fully saturated rings. The molecule has 1 amide bonds. The van der Waals surface area contributed by atoms with Gasteiger partial charge in [0.05, 0.1) is 5.56 Å². The van der Waals surface area contributed by atoms with Crippen LogP contribution in [0.3, 0.4) is 0 Å². The quantitative estimate of drug-likeness (QED) is 0.819. The molecule has 2 bridgehead atoms. The maximum atomic E-state index is 12.1. The number of carbonyl (C=O) groups excluding carboxylic acids is 1. The van der Waals surface area contributed by atoms with Crippen molar-refractivity contribution in [1.82, 2.24) is 5.43 Å². The average molecular weight is 286 g/mol. The zero-order valence-corrected chi connectivity index (χ0v) is 12.8. The van der Waals surface area contributed by atoms with E-state index < -0.39 is 0 Å². The zero-order valence-electron chi connectivity index (χ0n) is 12.8. The van der Waals surface area contributed by atoms with Crippen molar-refractivity contribution in [3.8, 4) is 5.75 Å². The van der Waals surface area contributed by atoms with Crippen molar-refractivity contribution in [3.63, 3.8) is 0 Å². The molecule has 0 radical (unpaired) electrons. The van der Waals surface area contributed by atoms with Crippen LogP contribution in [0.2, 0.25) is 0 Å². The van der Waals surface area contributed by atoms with Gasteiger partial charge >= 0.3 is 0 Å². The lowest BCUT2D eigenvalue weighted by molar-refractivity contribution is 0.0951. The van der Waals surface area contributed by atoms with E-state index in [1.807, 2.05) is 0 Å². The highest BCUT2D eigenvalue weighted by molar-refractivity contribution is 5.99. The second kappa shape index (κ2) is 4.58. The number of para-hydroxylation sites is 1. The molecule has 0 saturated heterocycles. The van der Waals surface area contributed by atoms with Gasteiger partial charge in [0.1, 0.15) is 5.75 Å². The van der Waals surface area contributed by atoms with Gasteiger partial charge in [-0.05, 0) is 42.7 Å². The molecule has 4 nitrogen and oxygen atoms in total. The van der Waals surface area contributed by atoms with Crippen LogP contribution in [0, 0.1) is 16.7 Å². The first-order valence-corrected chi connectivity index (χ1v) is 7.51. The van der Waals surface area contributed by atoms with E-state index in [4.69, 9.17) is 0 Å². The Morgan fingerprint density at radius 3 is 2.62 bits per heavy atom. The number of amides is 1. The minimum atomic E-state index is -0.357. The number of fused-ring (bicyclic) bond motifs is 2. The summed E-state index contributed by atoms with van der Waals surface area (Å²) in [7, 11) is 0. The van der Waals surface area contributed by atoms with Gasteiger partial charge in [-0.25, -0.2) is 5.43 Å². The first-order valence-electron chi connectivity index (χ1n) is 7.51. The van der Waals surface area contributed by atoms with Crippen LogP contribution in [0.1, 0.15) is 50.4 Å². The molecule has 112 valence electrons. The van der Waals surface area contributed by atoms with Gasteiger partial charge in [0.2, 0.25) is 0 Å². The Kier molecular flexibility index (Phi) is 3.08. The largest absolute Gasteiger partial charge is 0.507 e. The number of hydrogen-bond donors (Lipinski definition) is 2. The van der Waals surface area contributed by atoms with Crippen molar-refractivity contribution in [3.05, 3.63) is 29.8 Å². The van der Waals surface area contributed by atoms with E-state index in [2.05, 4.69) is 31.3 Å². The monoisotopic (exact) mass is 286 g/mol. The molecule has 2 aliphatic rings. The van der Waals surface area contributed by atoms with E-state index in [0.717, 1.165) is 18.6 Å². The number of carbonyl (C=O) groups is 1. The number of rotatable bonds is 2. The highest BCUT2D eigenvalue weighted by Crippen LogP contribution is 2.63. The summed E-state index contributed by atoms with van der Waals surface area (Å²) in [4.78, 5) is 12.1. The fourth-order valence-corrected chi connectivity index (χ4v) is 3.94. The molecule has 2 atom stereocenters. The molecule has 1 aromatic rings. The van der Waals surface area contributed by atoms with Gasteiger partial charge in [-0.1, -0.05) is 32.9 Å². The van der Waals surface area contributed by atoms with E-state index in [-0.39, 0.29) is 28.1 Å². The van der Waals surface area contributed by atoms with Crippen LogP contribution in [0.15, 0.2) is 29.4 Å². The Morgan fingerprint density at radius 1 is 1.33 bits per heavy atom. The minimum Gasteiger partial charge on any atom is -0.507 e. The molecule has 0 heterocycles. The third-order valence-corrected chi connectivity index (χ3v) is 5.95. The summed E-state index contributed by atoms with van der Waals surface area (Å²) in [6.07, 6.45) is 3.34. The molecular formula is C17H22N2O2. The maximum absolute atomic E-state index is 12.1. The summed E-state index contributed by atoms with van der Waals surface area (Å²) in [5.41, 5.74) is 4.28. The second-order valence-corrected chi connectivity index (χ2v) is 7.01. The second-order valence-electron chi connectivity index (χ2n) is 7.01. The van der Waals surface area contributed by atoms with Crippen LogP contribution in [0.4, 0.5) is 0 Å². The molecule has 21 heavy (non-hydrogen) atoms. The number of phenolic OH excluding ortho intramolecular Hbond substituents is 1. The van der Waals surface area contributed by atoms with Crippen molar-refractivity contribution in [1.29, 1.82) is 0 Å². The van der Waals surface area contributed by atoms with Crippen LogP contribution in [0.25, 0.3) is 0 Å². The Balaban J connectivity index is 1.79. The van der Waals surface area contributed by atoms with Crippen LogP contribution < -0.4 is 5.43 Å². The van der Waals surface area contributed by atoms with E-state index in [9.17, 15) is 9.90 Å². The van der Waals surface area contributed by atoms with Gasteiger partial charge in [-0.15, -0.1) is 0 Å². The summed E-state index contributed by atoms with van der Waals surface area (Å²) in [5.74, 6) is 0.280. The van der Waals surface area contributed by atoms with Crippen molar-refractivity contribution >= 4 is 11.6 Å². The highest BCUT2D eigenvalue weighted by atomic mass is 16.3. The molecule has 1 aromatic carbocycles. The molecular weight excluding hydrogens is 264 g/mol. The Bertz CT molecular complexity index is 621. The average Bonchev–Trinajstić information content (AvgIpc) is 2.78. The predicted octanol–water partition coefficient (Wildman–Crippen LogP) is 3.32. The summed E-state index contributed by atoms with van der Waals surface area (Å²) in [6.45, 7) is 6.86. The molecule has 0 spiro atoms. The van der Waals surface area contributed by atoms with Gasteiger partial charge in [0.25, 0.3) is 5.91 Å². The molecule has 3 rings (SSSR count). The number of nitrogens with zero attached hydrogens (tertiary/aromatic N) is 1. The molecule has 2 saturated carbocycles. The molecule has 0 unspecified atom stereocenters. The third kappa shape index (κ3) is 1.96. The Hall–Kier alpha value is -1.84. The molecule has 0 aliphatic heterocycles. The zero-order chi connectivity index (χ0) is 15.3. The minimum absolute atomic E-state index is 0.0188. The summed E-state index contributed by atoms with van der Waals surface area (Å²) < 4.78 is 0. The van der Waals surface area contributed by atoms with E-state index in [0.29, 0.717) is 5.92 Å². The lowest BCUT2D eigenvalue weighted by Crippen LogP contribution is -2.34. The topological polar surface area (TPSA) is 61.7 Å². The first kappa shape index (κ1) is 14.1. The van der Waals surface area contributed by atoms with Gasteiger partial charge in [0.15, 0.2) is 0 Å². The van der Waals surface area contributed by atoms with Crippen LogP contribution in [-0.4, -0.2) is 16.7 Å². The summed E-state index contributed by atoms with van der Waals surface area (Å²) >= 11 is 0.